The molecule has 29 heavy (non-hydrogen) atoms. The zero-order valence-corrected chi connectivity index (χ0v) is 16.6. The van der Waals surface area contributed by atoms with Crippen LogP contribution in [0.4, 0.5) is 0 Å². The summed E-state index contributed by atoms with van der Waals surface area (Å²) in [7, 11) is 0. The second kappa shape index (κ2) is 8.64. The van der Waals surface area contributed by atoms with Gasteiger partial charge in [0.15, 0.2) is 5.76 Å². The van der Waals surface area contributed by atoms with E-state index in [0.717, 1.165) is 21.6 Å². The first-order valence-electron chi connectivity index (χ1n) is 9.12. The van der Waals surface area contributed by atoms with Crippen LogP contribution in [-0.2, 0) is 0 Å². The summed E-state index contributed by atoms with van der Waals surface area (Å²) in [4.78, 5) is 18.2. The van der Waals surface area contributed by atoms with E-state index < -0.39 is 5.63 Å². The van der Waals surface area contributed by atoms with E-state index in [4.69, 9.17) is 4.42 Å². The zero-order chi connectivity index (χ0) is 20.1. The van der Waals surface area contributed by atoms with Crippen LogP contribution in [0.25, 0.3) is 11.3 Å². The Morgan fingerprint density at radius 1 is 0.828 bits per heavy atom. The molecule has 1 aromatic heterocycles. The van der Waals surface area contributed by atoms with Crippen LogP contribution in [0.15, 0.2) is 104 Å². The highest BCUT2D eigenvalue weighted by molar-refractivity contribution is 7.99. The third-order valence-corrected chi connectivity index (χ3v) is 5.22. The fourth-order valence-electron chi connectivity index (χ4n) is 2.78. The van der Waals surface area contributed by atoms with Crippen LogP contribution < -0.4 is 5.63 Å². The molecule has 0 fully saturated rings. The Morgan fingerprint density at radius 2 is 1.48 bits per heavy atom. The third kappa shape index (κ3) is 4.48. The van der Waals surface area contributed by atoms with Crippen molar-refractivity contribution in [3.05, 3.63) is 112 Å². The highest BCUT2D eigenvalue weighted by Gasteiger charge is 2.17. The van der Waals surface area contributed by atoms with E-state index >= 15 is 0 Å². The summed E-state index contributed by atoms with van der Waals surface area (Å²) >= 11 is 1.45. The van der Waals surface area contributed by atoms with Crippen LogP contribution in [0.5, 0.6) is 0 Å². The second-order valence-electron chi connectivity index (χ2n) is 6.33. The molecule has 3 nitrogen and oxygen atoms in total. The minimum absolute atomic E-state index is 0.101. The molecule has 0 spiro atoms. The molecule has 0 radical (unpaired) electrons. The number of hydrogen-bond donors (Lipinski definition) is 0. The van der Waals surface area contributed by atoms with Crippen molar-refractivity contribution < 1.29 is 4.42 Å². The summed E-state index contributed by atoms with van der Waals surface area (Å²) in [6.45, 7) is 1.98. The molecule has 0 bridgehead atoms. The van der Waals surface area contributed by atoms with E-state index in [0.29, 0.717) is 10.8 Å². The molecule has 0 N–H and O–H groups in total. The first kappa shape index (κ1) is 18.8. The maximum atomic E-state index is 12.6. The highest BCUT2D eigenvalue weighted by atomic mass is 32.2. The lowest BCUT2D eigenvalue weighted by Gasteiger charge is -2.09. The van der Waals surface area contributed by atoms with Gasteiger partial charge in [-0.3, -0.25) is 0 Å². The third-order valence-electron chi connectivity index (χ3n) is 4.24. The average molecular weight is 395 g/mol. The molecule has 0 atom stereocenters. The van der Waals surface area contributed by atoms with Crippen LogP contribution in [-0.4, -0.2) is 4.98 Å². The maximum absolute atomic E-state index is 12.6. The molecule has 0 aliphatic carbocycles. The average Bonchev–Trinajstić information content (AvgIpc) is 2.76. The Morgan fingerprint density at radius 3 is 2.21 bits per heavy atom. The van der Waals surface area contributed by atoms with Gasteiger partial charge in [-0.2, -0.15) is 0 Å². The number of benzene rings is 3. The van der Waals surface area contributed by atoms with E-state index in [2.05, 4.69) is 16.8 Å². The van der Waals surface area contributed by atoms with E-state index in [-0.39, 0.29) is 5.69 Å². The number of aromatic nitrogens is 1. The van der Waals surface area contributed by atoms with Crippen molar-refractivity contribution in [2.24, 2.45) is 0 Å². The molecule has 0 aliphatic rings. The van der Waals surface area contributed by atoms with Gasteiger partial charge < -0.3 is 4.42 Å². The Kier molecular flexibility index (Phi) is 5.60. The van der Waals surface area contributed by atoms with Gasteiger partial charge in [0.25, 0.3) is 0 Å². The molecule has 140 valence electrons. The minimum Gasteiger partial charge on any atom is -0.418 e. The van der Waals surface area contributed by atoms with Crippen molar-refractivity contribution >= 4 is 11.8 Å². The lowest BCUT2D eigenvalue weighted by atomic mass is 10.1. The van der Waals surface area contributed by atoms with Gasteiger partial charge in [-0.05, 0) is 42.7 Å². The van der Waals surface area contributed by atoms with Crippen molar-refractivity contribution in [3.63, 3.8) is 0 Å². The normalized spacial score (nSPS) is 10.2. The fourth-order valence-corrected chi connectivity index (χ4v) is 3.68. The first-order valence-corrected chi connectivity index (χ1v) is 9.93. The van der Waals surface area contributed by atoms with Crippen molar-refractivity contribution in [1.29, 1.82) is 0 Å². The summed E-state index contributed by atoms with van der Waals surface area (Å²) in [5, 5.41) is 0.613. The van der Waals surface area contributed by atoms with Crippen molar-refractivity contribution in [2.75, 3.05) is 0 Å². The van der Waals surface area contributed by atoms with Crippen LogP contribution in [0.2, 0.25) is 0 Å². The molecule has 0 unspecified atom stereocenters. The summed E-state index contributed by atoms with van der Waals surface area (Å²) in [6.07, 6.45) is 0. The molecule has 0 amide bonds. The van der Waals surface area contributed by atoms with Gasteiger partial charge in [0.2, 0.25) is 5.69 Å². The molecular formula is C25H17NO2S. The number of hydrogen-bond acceptors (Lipinski definition) is 4. The van der Waals surface area contributed by atoms with Crippen LogP contribution in [0.1, 0.15) is 16.8 Å². The molecule has 0 saturated carbocycles. The van der Waals surface area contributed by atoms with Gasteiger partial charge in [-0.1, -0.05) is 78.3 Å². The highest BCUT2D eigenvalue weighted by Crippen LogP contribution is 2.35. The van der Waals surface area contributed by atoms with Crippen LogP contribution in [0.3, 0.4) is 0 Å². The number of nitrogens with zero attached hydrogens (tertiary/aromatic N) is 1. The van der Waals surface area contributed by atoms with Crippen LogP contribution >= 0.6 is 11.8 Å². The van der Waals surface area contributed by atoms with Gasteiger partial charge in [-0.25, -0.2) is 9.78 Å². The zero-order valence-electron chi connectivity index (χ0n) is 15.8. The summed E-state index contributed by atoms with van der Waals surface area (Å²) in [5.41, 5.74) is 2.23. The summed E-state index contributed by atoms with van der Waals surface area (Å²) in [6, 6.07) is 27.1. The number of rotatable bonds is 3. The van der Waals surface area contributed by atoms with Gasteiger partial charge in [-0.15, -0.1) is 0 Å². The predicted molar refractivity (Wildman–Crippen MR) is 116 cm³/mol. The molecule has 0 saturated heterocycles. The van der Waals surface area contributed by atoms with Gasteiger partial charge in [0.05, 0.1) is 0 Å². The standard InChI is InChI=1S/C25H17NO2S/c1-18-10-8-9-15-21(18)23-24(29-20-13-6-3-7-14-20)26-22(25(27)28-23)17-16-19-11-4-2-5-12-19/h2-15H,1H3. The Hall–Kier alpha value is -3.55. The van der Waals surface area contributed by atoms with E-state index in [1.807, 2.05) is 91.9 Å². The molecule has 3 aromatic carbocycles. The van der Waals surface area contributed by atoms with Crippen LogP contribution in [0, 0.1) is 18.8 Å². The molecule has 1 heterocycles. The molecule has 0 aliphatic heterocycles. The molecule has 4 heteroatoms. The molecular weight excluding hydrogens is 378 g/mol. The van der Waals surface area contributed by atoms with E-state index in [1.54, 1.807) is 0 Å². The predicted octanol–water partition coefficient (Wildman–Crippen LogP) is 5.56. The Balaban J connectivity index is 1.84. The fraction of sp³-hybridized carbons (Fsp3) is 0.0400. The second-order valence-corrected chi connectivity index (χ2v) is 7.39. The minimum atomic E-state index is -0.538. The molecule has 4 rings (SSSR count). The lowest BCUT2D eigenvalue weighted by molar-refractivity contribution is 0.499. The smallest absolute Gasteiger partial charge is 0.371 e. The maximum Gasteiger partial charge on any atom is 0.371 e. The molecule has 4 aromatic rings. The SMILES string of the molecule is Cc1ccccc1-c1oc(=O)c(C#Cc2ccccc2)nc1Sc1ccccc1. The first-order chi connectivity index (χ1) is 14.2. The van der Waals surface area contributed by atoms with Gasteiger partial charge in [0, 0.05) is 16.0 Å². The Labute approximate surface area is 173 Å². The monoisotopic (exact) mass is 395 g/mol. The largest absolute Gasteiger partial charge is 0.418 e. The Bertz CT molecular complexity index is 1250. The van der Waals surface area contributed by atoms with Crippen molar-refractivity contribution in [3.8, 4) is 23.2 Å². The van der Waals surface area contributed by atoms with Crippen molar-refractivity contribution in [2.45, 2.75) is 16.8 Å². The van der Waals surface area contributed by atoms with Crippen molar-refractivity contribution in [1.82, 2.24) is 4.98 Å². The topological polar surface area (TPSA) is 43.1 Å². The van der Waals surface area contributed by atoms with Gasteiger partial charge >= 0.3 is 5.63 Å². The number of aryl methyl sites for hydroxylation is 1. The van der Waals surface area contributed by atoms with E-state index in [1.165, 1.54) is 11.8 Å². The summed E-state index contributed by atoms with van der Waals surface area (Å²) < 4.78 is 5.73. The van der Waals surface area contributed by atoms with Gasteiger partial charge in [0.1, 0.15) is 5.03 Å². The quantitative estimate of drug-likeness (QED) is 0.426. The van der Waals surface area contributed by atoms with E-state index in [9.17, 15) is 4.79 Å². The lowest BCUT2D eigenvalue weighted by Crippen LogP contribution is -2.09. The summed E-state index contributed by atoms with van der Waals surface area (Å²) in [5.74, 6) is 6.31.